The van der Waals surface area contributed by atoms with E-state index in [0.717, 1.165) is 5.75 Å². The molecule has 0 heterocycles. The molecule has 0 amide bonds. The number of hydrogen-bond acceptors (Lipinski definition) is 5. The van der Waals surface area contributed by atoms with Gasteiger partial charge in [0, 0.05) is 6.92 Å². The first kappa shape index (κ1) is 18.5. The number of rotatable bonds is 10. The van der Waals surface area contributed by atoms with Crippen molar-refractivity contribution in [1.29, 1.82) is 0 Å². The largest absolute Gasteiger partial charge is 0.488 e. The van der Waals surface area contributed by atoms with Crippen LogP contribution in [0, 0.1) is 0 Å². The zero-order chi connectivity index (χ0) is 16.4. The van der Waals surface area contributed by atoms with Gasteiger partial charge in [0.05, 0.1) is 25.4 Å². The first-order valence-corrected chi connectivity index (χ1v) is 7.55. The van der Waals surface area contributed by atoms with Crippen LogP contribution in [-0.4, -0.2) is 44.1 Å². The van der Waals surface area contributed by atoms with E-state index in [1.165, 1.54) is 6.92 Å². The number of benzene rings is 1. The smallest absolute Gasteiger partial charge is 0.302 e. The molecule has 22 heavy (non-hydrogen) atoms. The molecule has 3 unspecified atom stereocenters. The molecule has 3 atom stereocenters. The zero-order valence-electron chi connectivity index (χ0n) is 13.8. The Morgan fingerprint density at radius 1 is 0.909 bits per heavy atom. The Balaban J connectivity index is 2.14. The van der Waals surface area contributed by atoms with Gasteiger partial charge in [-0.15, -0.1) is 0 Å². The summed E-state index contributed by atoms with van der Waals surface area (Å²) >= 11 is 0. The number of hydrogen-bond donors (Lipinski definition) is 0. The molecule has 1 aromatic rings. The lowest BCUT2D eigenvalue weighted by atomic mass is 10.3. The predicted molar refractivity (Wildman–Crippen MR) is 84.0 cm³/mol. The van der Waals surface area contributed by atoms with Crippen LogP contribution in [0.1, 0.15) is 27.7 Å². The van der Waals surface area contributed by atoms with Crippen LogP contribution < -0.4 is 4.74 Å². The maximum atomic E-state index is 10.7. The summed E-state index contributed by atoms with van der Waals surface area (Å²) in [5, 5.41) is 0. The fraction of sp³-hybridized carbons (Fsp3) is 0.588. The van der Waals surface area contributed by atoms with Gasteiger partial charge in [-0.1, -0.05) is 18.2 Å². The van der Waals surface area contributed by atoms with Gasteiger partial charge < -0.3 is 18.9 Å². The fourth-order valence-electron chi connectivity index (χ4n) is 1.70. The number of ether oxygens (including phenoxy) is 4. The second-order valence-electron chi connectivity index (χ2n) is 5.33. The minimum atomic E-state index is -0.299. The monoisotopic (exact) mass is 310 g/mol. The Kier molecular flexibility index (Phi) is 8.55. The van der Waals surface area contributed by atoms with Gasteiger partial charge in [0.15, 0.2) is 0 Å². The summed E-state index contributed by atoms with van der Waals surface area (Å²) in [6.07, 6.45) is -0.238. The fourth-order valence-corrected chi connectivity index (χ4v) is 1.70. The molecule has 0 fully saturated rings. The highest BCUT2D eigenvalue weighted by Gasteiger charge is 2.11. The maximum absolute atomic E-state index is 10.7. The van der Waals surface area contributed by atoms with Crippen molar-refractivity contribution in [2.45, 2.75) is 46.0 Å². The van der Waals surface area contributed by atoms with Crippen LogP contribution in [0.4, 0.5) is 0 Å². The van der Waals surface area contributed by atoms with Crippen molar-refractivity contribution in [3.8, 4) is 5.75 Å². The van der Waals surface area contributed by atoms with E-state index in [1.54, 1.807) is 0 Å². The van der Waals surface area contributed by atoms with Crippen LogP contribution in [0.3, 0.4) is 0 Å². The highest BCUT2D eigenvalue weighted by atomic mass is 16.6. The molecular weight excluding hydrogens is 284 g/mol. The van der Waals surface area contributed by atoms with Gasteiger partial charge in [0.1, 0.15) is 18.5 Å². The van der Waals surface area contributed by atoms with Crippen LogP contribution in [0.15, 0.2) is 30.3 Å². The topological polar surface area (TPSA) is 54.0 Å². The van der Waals surface area contributed by atoms with E-state index in [4.69, 9.17) is 18.9 Å². The molecule has 0 N–H and O–H groups in total. The number of esters is 1. The van der Waals surface area contributed by atoms with Crippen molar-refractivity contribution < 1.29 is 23.7 Å². The van der Waals surface area contributed by atoms with E-state index in [2.05, 4.69) is 0 Å². The van der Waals surface area contributed by atoms with Crippen molar-refractivity contribution in [3.63, 3.8) is 0 Å². The molecule has 0 aromatic heterocycles. The molecule has 0 aliphatic rings. The molecule has 0 aliphatic carbocycles. The molecule has 0 radical (unpaired) electrons. The van der Waals surface area contributed by atoms with Crippen LogP contribution in [0.25, 0.3) is 0 Å². The molecule has 124 valence electrons. The van der Waals surface area contributed by atoms with E-state index >= 15 is 0 Å². The Morgan fingerprint density at radius 3 is 2.05 bits per heavy atom. The summed E-state index contributed by atoms with van der Waals surface area (Å²) in [6, 6.07) is 9.65. The van der Waals surface area contributed by atoms with Crippen LogP contribution in [-0.2, 0) is 19.0 Å². The molecule has 5 nitrogen and oxygen atoms in total. The third kappa shape index (κ3) is 8.64. The first-order valence-electron chi connectivity index (χ1n) is 7.55. The lowest BCUT2D eigenvalue weighted by Gasteiger charge is -2.20. The molecule has 0 aliphatic heterocycles. The van der Waals surface area contributed by atoms with Crippen LogP contribution >= 0.6 is 0 Å². The Bertz CT molecular complexity index is 420. The molecule has 0 saturated heterocycles. The van der Waals surface area contributed by atoms with Gasteiger partial charge in [-0.3, -0.25) is 4.79 Å². The standard InChI is InChI=1S/C17H26O5/c1-13(10-19-14(2)11-21-16(4)18)20-12-15(3)22-17-8-6-5-7-9-17/h5-9,13-15H,10-12H2,1-4H3. The first-order chi connectivity index (χ1) is 10.5. The highest BCUT2D eigenvalue weighted by Crippen LogP contribution is 2.11. The van der Waals surface area contributed by atoms with Crippen molar-refractivity contribution in [2.24, 2.45) is 0 Å². The van der Waals surface area contributed by atoms with E-state index in [0.29, 0.717) is 13.2 Å². The van der Waals surface area contributed by atoms with Crippen molar-refractivity contribution in [1.82, 2.24) is 0 Å². The van der Waals surface area contributed by atoms with Crippen LogP contribution in [0.5, 0.6) is 5.75 Å². The quantitative estimate of drug-likeness (QED) is 0.622. The number of para-hydroxylation sites is 1. The van der Waals surface area contributed by atoms with Gasteiger partial charge in [0.25, 0.3) is 0 Å². The number of carbonyl (C=O) groups is 1. The maximum Gasteiger partial charge on any atom is 0.302 e. The molecule has 1 aromatic carbocycles. The Labute approximate surface area is 132 Å². The highest BCUT2D eigenvalue weighted by molar-refractivity contribution is 5.65. The normalized spacial score (nSPS) is 14.9. The van der Waals surface area contributed by atoms with E-state index in [1.807, 2.05) is 51.1 Å². The van der Waals surface area contributed by atoms with E-state index in [-0.39, 0.29) is 30.9 Å². The van der Waals surface area contributed by atoms with Crippen LogP contribution in [0.2, 0.25) is 0 Å². The van der Waals surface area contributed by atoms with E-state index < -0.39 is 0 Å². The van der Waals surface area contributed by atoms with Crippen molar-refractivity contribution in [2.75, 3.05) is 19.8 Å². The summed E-state index contributed by atoms with van der Waals surface area (Å²) < 4.78 is 21.9. The minimum Gasteiger partial charge on any atom is -0.488 e. The predicted octanol–water partition coefficient (Wildman–Crippen LogP) is 2.83. The lowest BCUT2D eigenvalue weighted by Crippen LogP contribution is -2.27. The van der Waals surface area contributed by atoms with E-state index in [9.17, 15) is 4.79 Å². The van der Waals surface area contributed by atoms with Gasteiger partial charge >= 0.3 is 5.97 Å². The average Bonchev–Trinajstić information content (AvgIpc) is 2.49. The molecule has 0 spiro atoms. The Morgan fingerprint density at radius 2 is 1.45 bits per heavy atom. The molecule has 5 heteroatoms. The molecule has 1 rings (SSSR count). The second kappa shape index (κ2) is 10.2. The van der Waals surface area contributed by atoms with Gasteiger partial charge in [0.2, 0.25) is 0 Å². The number of carbonyl (C=O) groups excluding carboxylic acids is 1. The molecule has 0 saturated carbocycles. The summed E-state index contributed by atoms with van der Waals surface area (Å²) in [7, 11) is 0. The third-order valence-electron chi connectivity index (χ3n) is 2.83. The van der Waals surface area contributed by atoms with Crippen molar-refractivity contribution in [3.05, 3.63) is 30.3 Å². The van der Waals surface area contributed by atoms with Gasteiger partial charge in [-0.25, -0.2) is 0 Å². The summed E-state index contributed by atoms with van der Waals surface area (Å²) in [5.41, 5.74) is 0. The third-order valence-corrected chi connectivity index (χ3v) is 2.83. The summed E-state index contributed by atoms with van der Waals surface area (Å²) in [5.74, 6) is 0.532. The SMILES string of the molecule is CC(=O)OCC(C)OCC(C)OCC(C)Oc1ccccc1. The summed E-state index contributed by atoms with van der Waals surface area (Å²) in [4.78, 5) is 10.7. The molecular formula is C17H26O5. The van der Waals surface area contributed by atoms with Gasteiger partial charge in [-0.2, -0.15) is 0 Å². The van der Waals surface area contributed by atoms with Gasteiger partial charge in [-0.05, 0) is 32.9 Å². The minimum absolute atomic E-state index is 0.0386. The van der Waals surface area contributed by atoms with Crippen molar-refractivity contribution >= 4 is 5.97 Å². The molecule has 0 bridgehead atoms. The lowest BCUT2D eigenvalue weighted by molar-refractivity contribution is -0.145. The Hall–Kier alpha value is -1.59. The summed E-state index contributed by atoms with van der Waals surface area (Å²) in [6.45, 7) is 8.33. The zero-order valence-corrected chi connectivity index (χ0v) is 13.8. The second-order valence-corrected chi connectivity index (χ2v) is 5.33. The average molecular weight is 310 g/mol.